The molecule has 0 saturated carbocycles. The topological polar surface area (TPSA) is 39.9 Å². The molecule has 2 aromatic rings. The predicted molar refractivity (Wildman–Crippen MR) is 62.6 cm³/mol. The largest absolute Gasteiger partial charge is 0.481 e. The molecule has 0 saturated heterocycles. The molecule has 0 spiro atoms. The Morgan fingerprint density at radius 2 is 2.00 bits per heavy atom. The van der Waals surface area contributed by atoms with E-state index in [1.165, 1.54) is 7.11 Å². The molecule has 0 unspecified atom stereocenters. The summed E-state index contributed by atoms with van der Waals surface area (Å²) in [6, 6.07) is 3.58. The van der Waals surface area contributed by atoms with E-state index in [0.29, 0.717) is 0 Å². The monoisotopic (exact) mass is 273 g/mol. The second-order valence-electron chi connectivity index (χ2n) is 3.49. The highest BCUT2D eigenvalue weighted by atomic mass is 35.5. The van der Waals surface area contributed by atoms with Gasteiger partial charge in [0.2, 0.25) is 18.3 Å². The van der Waals surface area contributed by atoms with Gasteiger partial charge in [-0.1, -0.05) is 11.6 Å². The van der Waals surface area contributed by atoms with E-state index in [9.17, 15) is 8.78 Å². The van der Waals surface area contributed by atoms with Gasteiger partial charge in [0.15, 0.2) is 0 Å². The van der Waals surface area contributed by atoms with Crippen molar-refractivity contribution >= 4 is 11.6 Å². The Bertz CT molecular complexity index is 531. The highest BCUT2D eigenvalue weighted by Crippen LogP contribution is 2.26. The molecule has 0 atom stereocenters. The number of rotatable bonds is 4. The van der Waals surface area contributed by atoms with Crippen molar-refractivity contribution in [3.8, 4) is 11.8 Å². The quantitative estimate of drug-likeness (QED) is 0.804. The van der Waals surface area contributed by atoms with E-state index < -0.39 is 12.8 Å². The highest BCUT2D eigenvalue weighted by Gasteiger charge is 2.18. The Labute approximate surface area is 107 Å². The molecule has 2 rings (SSSR count). The van der Waals surface area contributed by atoms with Crippen LogP contribution in [0.1, 0.15) is 5.56 Å². The molecule has 0 N–H and O–H groups in total. The molecule has 0 aliphatic heterocycles. The van der Waals surface area contributed by atoms with E-state index in [2.05, 4.69) is 9.97 Å². The van der Waals surface area contributed by atoms with Gasteiger partial charge in [-0.05, 0) is 12.1 Å². The standard InChI is InChI=1S/C11H10ClF2N3O/c1-18-10-7(6-8(13)14)9(12)15-11(16-10)17-4-2-3-5-17/h2-5,8H,6H2,1H3. The molecule has 96 valence electrons. The Kier molecular flexibility index (Phi) is 3.76. The first-order valence-electron chi connectivity index (χ1n) is 5.13. The minimum atomic E-state index is -2.53. The maximum atomic E-state index is 12.4. The van der Waals surface area contributed by atoms with E-state index in [1.54, 1.807) is 29.1 Å². The summed E-state index contributed by atoms with van der Waals surface area (Å²) in [6.45, 7) is 0. The van der Waals surface area contributed by atoms with Gasteiger partial charge in [-0.15, -0.1) is 0 Å². The molecule has 2 heterocycles. The maximum Gasteiger partial charge on any atom is 0.242 e. The third-order valence-electron chi connectivity index (χ3n) is 2.29. The fourth-order valence-electron chi connectivity index (χ4n) is 1.50. The molecule has 0 bridgehead atoms. The van der Waals surface area contributed by atoms with Crippen molar-refractivity contribution in [1.82, 2.24) is 14.5 Å². The summed E-state index contributed by atoms with van der Waals surface area (Å²) in [5.41, 5.74) is 0.116. The molecular formula is C11H10ClF2N3O. The molecule has 0 aliphatic carbocycles. The lowest BCUT2D eigenvalue weighted by Gasteiger charge is -2.10. The van der Waals surface area contributed by atoms with Crippen LogP contribution in [0.2, 0.25) is 5.15 Å². The summed E-state index contributed by atoms with van der Waals surface area (Å²) in [4.78, 5) is 8.04. The van der Waals surface area contributed by atoms with Gasteiger partial charge < -0.3 is 4.74 Å². The predicted octanol–water partition coefficient (Wildman–Crippen LogP) is 2.74. The third-order valence-corrected chi connectivity index (χ3v) is 2.61. The minimum absolute atomic E-state index is 0.0224. The molecule has 0 aliphatic rings. The second kappa shape index (κ2) is 5.30. The van der Waals surface area contributed by atoms with Crippen LogP contribution in [0.25, 0.3) is 5.95 Å². The fourth-order valence-corrected chi connectivity index (χ4v) is 1.74. The highest BCUT2D eigenvalue weighted by molar-refractivity contribution is 6.30. The molecule has 0 radical (unpaired) electrons. The van der Waals surface area contributed by atoms with Crippen LogP contribution in [0.3, 0.4) is 0 Å². The lowest BCUT2D eigenvalue weighted by atomic mass is 10.2. The van der Waals surface area contributed by atoms with E-state index in [0.717, 1.165) is 0 Å². The molecular weight excluding hydrogens is 264 g/mol. The van der Waals surface area contributed by atoms with Crippen LogP contribution >= 0.6 is 11.6 Å². The average molecular weight is 274 g/mol. The van der Waals surface area contributed by atoms with Crippen molar-refractivity contribution in [2.45, 2.75) is 12.8 Å². The minimum Gasteiger partial charge on any atom is -0.481 e. The number of hydrogen-bond acceptors (Lipinski definition) is 3. The number of nitrogens with zero attached hydrogens (tertiary/aromatic N) is 3. The summed E-state index contributed by atoms with van der Waals surface area (Å²) in [5, 5.41) is -0.0224. The van der Waals surface area contributed by atoms with Crippen molar-refractivity contribution in [2.75, 3.05) is 7.11 Å². The van der Waals surface area contributed by atoms with Crippen molar-refractivity contribution in [1.29, 1.82) is 0 Å². The van der Waals surface area contributed by atoms with Crippen LogP contribution in [-0.4, -0.2) is 28.1 Å². The van der Waals surface area contributed by atoms with Crippen LogP contribution in [0, 0.1) is 0 Å². The number of methoxy groups -OCH3 is 1. The van der Waals surface area contributed by atoms with Crippen molar-refractivity contribution in [3.05, 3.63) is 35.2 Å². The van der Waals surface area contributed by atoms with E-state index in [4.69, 9.17) is 16.3 Å². The summed E-state index contributed by atoms with van der Waals surface area (Å²) < 4.78 is 31.4. The zero-order valence-corrected chi connectivity index (χ0v) is 10.2. The average Bonchev–Trinajstić information content (AvgIpc) is 2.84. The van der Waals surface area contributed by atoms with E-state index in [1.807, 2.05) is 0 Å². The normalized spacial score (nSPS) is 10.9. The van der Waals surface area contributed by atoms with Crippen LogP contribution in [0.5, 0.6) is 5.88 Å². The number of ether oxygens (including phenoxy) is 1. The molecule has 2 aromatic heterocycles. The van der Waals surface area contributed by atoms with Gasteiger partial charge in [-0.25, -0.2) is 8.78 Å². The van der Waals surface area contributed by atoms with Gasteiger partial charge in [0.05, 0.1) is 12.7 Å². The summed E-state index contributed by atoms with van der Waals surface area (Å²) in [7, 11) is 1.35. The summed E-state index contributed by atoms with van der Waals surface area (Å²) in [5.74, 6) is 0.346. The lowest BCUT2D eigenvalue weighted by molar-refractivity contribution is 0.147. The Morgan fingerprint density at radius 1 is 1.33 bits per heavy atom. The Morgan fingerprint density at radius 3 is 2.56 bits per heavy atom. The fraction of sp³-hybridized carbons (Fsp3) is 0.273. The van der Waals surface area contributed by atoms with Gasteiger partial charge in [0.1, 0.15) is 5.15 Å². The van der Waals surface area contributed by atoms with E-state index in [-0.39, 0.29) is 22.5 Å². The molecule has 0 amide bonds. The zero-order valence-electron chi connectivity index (χ0n) is 9.48. The van der Waals surface area contributed by atoms with E-state index >= 15 is 0 Å². The van der Waals surface area contributed by atoms with Crippen LogP contribution < -0.4 is 4.74 Å². The molecule has 0 aromatic carbocycles. The molecule has 7 heteroatoms. The number of hydrogen-bond donors (Lipinski definition) is 0. The van der Waals surface area contributed by atoms with Crippen molar-refractivity contribution in [2.24, 2.45) is 0 Å². The Hall–Kier alpha value is -1.69. The first-order valence-corrected chi connectivity index (χ1v) is 5.51. The molecule has 4 nitrogen and oxygen atoms in total. The lowest BCUT2D eigenvalue weighted by Crippen LogP contribution is -2.08. The van der Waals surface area contributed by atoms with Gasteiger partial charge >= 0.3 is 0 Å². The smallest absolute Gasteiger partial charge is 0.242 e. The van der Waals surface area contributed by atoms with Crippen LogP contribution in [0.15, 0.2) is 24.5 Å². The Balaban J connectivity index is 2.46. The summed E-state index contributed by atoms with van der Waals surface area (Å²) in [6.07, 6.45) is 0.376. The van der Waals surface area contributed by atoms with Gasteiger partial charge in [0, 0.05) is 18.8 Å². The second-order valence-corrected chi connectivity index (χ2v) is 3.85. The molecule has 0 fully saturated rings. The van der Waals surface area contributed by atoms with Crippen LogP contribution in [0.4, 0.5) is 8.78 Å². The number of halogens is 3. The number of aromatic nitrogens is 3. The first-order chi connectivity index (χ1) is 8.61. The third kappa shape index (κ3) is 2.59. The SMILES string of the molecule is COc1nc(-n2cccc2)nc(Cl)c1CC(F)F. The number of alkyl halides is 2. The summed E-state index contributed by atoms with van der Waals surface area (Å²) >= 11 is 5.90. The first kappa shape index (κ1) is 12.8. The zero-order chi connectivity index (χ0) is 13.1. The van der Waals surface area contributed by atoms with Gasteiger partial charge in [-0.2, -0.15) is 9.97 Å². The van der Waals surface area contributed by atoms with Crippen molar-refractivity contribution in [3.63, 3.8) is 0 Å². The maximum absolute atomic E-state index is 12.4. The molecule has 18 heavy (non-hydrogen) atoms. The van der Waals surface area contributed by atoms with Gasteiger partial charge in [0.25, 0.3) is 0 Å². The van der Waals surface area contributed by atoms with Gasteiger partial charge in [-0.3, -0.25) is 4.57 Å². The van der Waals surface area contributed by atoms with Crippen LogP contribution in [-0.2, 0) is 6.42 Å². The van der Waals surface area contributed by atoms with Crippen molar-refractivity contribution < 1.29 is 13.5 Å².